The summed E-state index contributed by atoms with van der Waals surface area (Å²) >= 11 is 0. The molecule has 1 unspecified atom stereocenters. The number of benzene rings is 2. The summed E-state index contributed by atoms with van der Waals surface area (Å²) in [7, 11) is 0. The predicted octanol–water partition coefficient (Wildman–Crippen LogP) is 3.88. The van der Waals surface area contributed by atoms with Crippen molar-refractivity contribution < 1.29 is 9.53 Å². The molecule has 0 saturated carbocycles. The Kier molecular flexibility index (Phi) is 5.60. The summed E-state index contributed by atoms with van der Waals surface area (Å²) in [6.07, 6.45) is 4.83. The fourth-order valence-corrected chi connectivity index (χ4v) is 2.90. The van der Waals surface area contributed by atoms with Crippen molar-refractivity contribution >= 4 is 5.91 Å². The maximum absolute atomic E-state index is 12.4. The van der Waals surface area contributed by atoms with Gasteiger partial charge in [-0.3, -0.25) is 4.79 Å². The van der Waals surface area contributed by atoms with Gasteiger partial charge in [0, 0.05) is 24.6 Å². The van der Waals surface area contributed by atoms with Gasteiger partial charge in [0.2, 0.25) is 0 Å². The molecule has 1 aromatic heterocycles. The molecule has 0 bridgehead atoms. The Morgan fingerprint density at radius 3 is 2.59 bits per heavy atom. The third-order valence-electron chi connectivity index (χ3n) is 4.64. The fourth-order valence-electron chi connectivity index (χ4n) is 2.90. The van der Waals surface area contributed by atoms with Crippen molar-refractivity contribution in [2.24, 2.45) is 0 Å². The van der Waals surface area contributed by atoms with Crippen LogP contribution in [0.25, 0.3) is 5.69 Å². The average molecular weight is 363 g/mol. The Balaban J connectivity index is 1.57. The van der Waals surface area contributed by atoms with Crippen LogP contribution >= 0.6 is 0 Å². The molecule has 1 N–H and O–H groups in total. The smallest absolute Gasteiger partial charge is 0.261 e. The summed E-state index contributed by atoms with van der Waals surface area (Å²) in [5, 5.41) is 2.94. The van der Waals surface area contributed by atoms with Crippen LogP contribution in [0.1, 0.15) is 29.2 Å². The van der Waals surface area contributed by atoms with Crippen molar-refractivity contribution in [3.05, 3.63) is 77.4 Å². The lowest BCUT2D eigenvalue weighted by Crippen LogP contribution is -2.36. The van der Waals surface area contributed by atoms with Crippen molar-refractivity contribution in [3.63, 3.8) is 0 Å². The van der Waals surface area contributed by atoms with Crippen molar-refractivity contribution in [2.45, 2.75) is 40.3 Å². The van der Waals surface area contributed by atoms with Gasteiger partial charge in [0.25, 0.3) is 5.91 Å². The van der Waals surface area contributed by atoms with Crippen molar-refractivity contribution in [1.82, 2.24) is 14.9 Å². The molecule has 0 radical (unpaired) electrons. The molecular weight excluding hydrogens is 338 g/mol. The number of carbonyl (C=O) groups excluding carboxylic acids is 1. The summed E-state index contributed by atoms with van der Waals surface area (Å²) in [4.78, 5) is 16.5. The van der Waals surface area contributed by atoms with Crippen LogP contribution < -0.4 is 10.1 Å². The number of nitrogens with one attached hydrogen (secondary N) is 1. The first-order valence-corrected chi connectivity index (χ1v) is 9.03. The molecule has 0 saturated heterocycles. The molecule has 5 nitrogen and oxygen atoms in total. The highest BCUT2D eigenvalue weighted by Crippen LogP contribution is 2.24. The van der Waals surface area contributed by atoms with Crippen molar-refractivity contribution in [1.29, 1.82) is 0 Å². The number of nitrogens with zero attached hydrogens (tertiary/aromatic N) is 2. The largest absolute Gasteiger partial charge is 0.481 e. The van der Waals surface area contributed by atoms with E-state index in [0.717, 1.165) is 33.7 Å². The Morgan fingerprint density at radius 2 is 1.93 bits per heavy atom. The molecule has 140 valence electrons. The number of aryl methyl sites for hydroxylation is 2. The molecule has 27 heavy (non-hydrogen) atoms. The molecular formula is C22H25N3O2. The van der Waals surface area contributed by atoms with E-state index >= 15 is 0 Å². The number of imidazole rings is 1. The first kappa shape index (κ1) is 18.7. The first-order valence-electron chi connectivity index (χ1n) is 9.03. The topological polar surface area (TPSA) is 56.1 Å². The van der Waals surface area contributed by atoms with E-state index < -0.39 is 6.10 Å². The summed E-state index contributed by atoms with van der Waals surface area (Å²) in [5.74, 6) is 0.632. The van der Waals surface area contributed by atoms with Crippen molar-refractivity contribution in [2.75, 3.05) is 0 Å². The number of carbonyl (C=O) groups is 1. The van der Waals surface area contributed by atoms with E-state index in [1.54, 1.807) is 19.4 Å². The van der Waals surface area contributed by atoms with Gasteiger partial charge >= 0.3 is 0 Å². The second-order valence-electron chi connectivity index (χ2n) is 6.82. The lowest BCUT2D eigenvalue weighted by molar-refractivity contribution is -0.127. The van der Waals surface area contributed by atoms with E-state index in [9.17, 15) is 4.79 Å². The fraction of sp³-hybridized carbons (Fsp3) is 0.273. The molecule has 1 heterocycles. The minimum atomic E-state index is -0.560. The molecule has 0 aliphatic carbocycles. The van der Waals surface area contributed by atoms with Crippen LogP contribution in [0.15, 0.2) is 55.1 Å². The van der Waals surface area contributed by atoms with E-state index in [-0.39, 0.29) is 5.91 Å². The molecule has 1 atom stereocenters. The molecule has 2 aromatic carbocycles. The summed E-state index contributed by atoms with van der Waals surface area (Å²) in [6, 6.07) is 12.1. The molecule has 3 aromatic rings. The van der Waals surface area contributed by atoms with Crippen LogP contribution in [0.2, 0.25) is 0 Å². The number of hydrogen-bond donors (Lipinski definition) is 1. The highest BCUT2D eigenvalue weighted by Gasteiger charge is 2.16. The van der Waals surface area contributed by atoms with Crippen molar-refractivity contribution in [3.8, 4) is 11.4 Å². The van der Waals surface area contributed by atoms with Gasteiger partial charge in [-0.2, -0.15) is 0 Å². The first-order chi connectivity index (χ1) is 12.9. The molecule has 0 aliphatic heterocycles. The average Bonchev–Trinajstić information content (AvgIpc) is 3.18. The zero-order valence-corrected chi connectivity index (χ0v) is 16.2. The molecule has 1 amide bonds. The van der Waals surface area contributed by atoms with Gasteiger partial charge in [-0.15, -0.1) is 0 Å². The maximum Gasteiger partial charge on any atom is 0.261 e. The molecule has 5 heteroatoms. The van der Waals surface area contributed by atoms with E-state index in [1.165, 1.54) is 0 Å². The minimum Gasteiger partial charge on any atom is -0.481 e. The van der Waals surface area contributed by atoms with E-state index in [0.29, 0.717) is 6.54 Å². The summed E-state index contributed by atoms with van der Waals surface area (Å²) < 4.78 is 7.84. The Bertz CT molecular complexity index is 915. The predicted molar refractivity (Wildman–Crippen MR) is 106 cm³/mol. The number of rotatable bonds is 6. The molecule has 0 aliphatic rings. The number of aromatic nitrogens is 2. The van der Waals surface area contributed by atoms with Gasteiger partial charge in [0.1, 0.15) is 5.75 Å². The summed E-state index contributed by atoms with van der Waals surface area (Å²) in [5.41, 5.74) is 5.41. The van der Waals surface area contributed by atoms with Gasteiger partial charge in [-0.1, -0.05) is 18.2 Å². The maximum atomic E-state index is 12.4. The van der Waals surface area contributed by atoms with Gasteiger partial charge in [-0.05, 0) is 68.1 Å². The Labute approximate surface area is 160 Å². The van der Waals surface area contributed by atoms with Crippen LogP contribution in [0, 0.1) is 20.8 Å². The normalized spacial score (nSPS) is 11.9. The molecule has 3 rings (SSSR count). The zero-order valence-electron chi connectivity index (χ0n) is 16.2. The number of ether oxygens (including phenoxy) is 1. The third kappa shape index (κ3) is 4.56. The minimum absolute atomic E-state index is 0.132. The van der Waals surface area contributed by atoms with Crippen LogP contribution in [-0.2, 0) is 11.3 Å². The second kappa shape index (κ2) is 8.08. The van der Waals surface area contributed by atoms with Gasteiger partial charge < -0.3 is 14.6 Å². The Hall–Kier alpha value is -3.08. The molecule has 0 spiro atoms. The van der Waals surface area contributed by atoms with Crippen LogP contribution in [0.4, 0.5) is 0 Å². The van der Waals surface area contributed by atoms with E-state index in [1.807, 2.05) is 61.9 Å². The number of hydrogen-bond acceptors (Lipinski definition) is 3. The highest BCUT2D eigenvalue weighted by molar-refractivity contribution is 5.80. The van der Waals surface area contributed by atoms with Crippen LogP contribution in [-0.4, -0.2) is 21.6 Å². The highest BCUT2D eigenvalue weighted by atomic mass is 16.5. The van der Waals surface area contributed by atoms with Crippen LogP contribution in [0.3, 0.4) is 0 Å². The van der Waals surface area contributed by atoms with E-state index in [2.05, 4.69) is 16.4 Å². The van der Waals surface area contributed by atoms with Gasteiger partial charge in [0.15, 0.2) is 6.10 Å². The third-order valence-corrected chi connectivity index (χ3v) is 4.64. The van der Waals surface area contributed by atoms with Gasteiger partial charge in [0.05, 0.1) is 6.33 Å². The van der Waals surface area contributed by atoms with Gasteiger partial charge in [-0.25, -0.2) is 4.98 Å². The number of amides is 1. The SMILES string of the molecule is Cc1cc(C)c(C)c(OC(C)C(=O)NCc2ccc(-n3ccnc3)cc2)c1. The lowest BCUT2D eigenvalue weighted by Gasteiger charge is -2.18. The second-order valence-corrected chi connectivity index (χ2v) is 6.82. The quantitative estimate of drug-likeness (QED) is 0.723. The standard InChI is InChI=1S/C22H25N3O2/c1-15-11-16(2)17(3)21(12-15)27-18(4)22(26)24-13-19-5-7-20(8-6-19)25-10-9-23-14-25/h5-12,14,18H,13H2,1-4H3,(H,24,26). The monoisotopic (exact) mass is 363 g/mol. The summed E-state index contributed by atoms with van der Waals surface area (Å²) in [6.45, 7) is 8.32. The lowest BCUT2D eigenvalue weighted by atomic mass is 10.1. The zero-order chi connectivity index (χ0) is 19.4. The van der Waals surface area contributed by atoms with Crippen LogP contribution in [0.5, 0.6) is 5.75 Å². The Morgan fingerprint density at radius 1 is 1.19 bits per heavy atom. The van der Waals surface area contributed by atoms with E-state index in [4.69, 9.17) is 4.74 Å². The molecule has 0 fully saturated rings.